The number of aromatic hydroxyl groups is 1. The molecule has 0 fully saturated rings. The molecule has 0 saturated heterocycles. The minimum atomic E-state index is -3.50. The lowest BCUT2D eigenvalue weighted by molar-refractivity contribution is 0.469. The van der Waals surface area contributed by atoms with Crippen molar-refractivity contribution in [1.82, 2.24) is 0 Å². The topological polar surface area (TPSA) is 54.4 Å². The van der Waals surface area contributed by atoms with Gasteiger partial charge in [0.25, 0.3) is 0 Å². The van der Waals surface area contributed by atoms with E-state index in [1.807, 2.05) is 0 Å². The molecule has 0 saturated carbocycles. The number of para-hydroxylation sites is 1. The van der Waals surface area contributed by atoms with Crippen LogP contribution in [0.5, 0.6) is 5.75 Å². The summed E-state index contributed by atoms with van der Waals surface area (Å²) in [4.78, 5) is 0.151. The Hall–Kier alpha value is -1.52. The molecule has 2 rings (SSSR count). The van der Waals surface area contributed by atoms with Gasteiger partial charge in [0.05, 0.1) is 10.6 Å². The van der Waals surface area contributed by atoms with Crippen LogP contribution in [0.15, 0.2) is 53.4 Å². The second-order valence-corrected chi connectivity index (χ2v) is 6.27. The van der Waals surface area contributed by atoms with E-state index in [-0.39, 0.29) is 16.4 Å². The fraction of sp³-hybridized carbons (Fsp3) is 0.0769. The van der Waals surface area contributed by atoms with Crippen molar-refractivity contribution < 1.29 is 13.5 Å². The molecule has 94 valence electrons. The molecule has 18 heavy (non-hydrogen) atoms. The molecular weight excluding hydrogens is 272 g/mol. The van der Waals surface area contributed by atoms with Crippen LogP contribution in [-0.4, -0.2) is 13.5 Å². The predicted molar refractivity (Wildman–Crippen MR) is 70.4 cm³/mol. The molecule has 2 aromatic rings. The first-order valence-corrected chi connectivity index (χ1v) is 7.27. The van der Waals surface area contributed by atoms with Gasteiger partial charge in [-0.1, -0.05) is 35.9 Å². The maximum absolute atomic E-state index is 12.1. The summed E-state index contributed by atoms with van der Waals surface area (Å²) >= 11 is 5.77. The Morgan fingerprint density at radius 1 is 1.06 bits per heavy atom. The highest BCUT2D eigenvalue weighted by Gasteiger charge is 2.17. The number of sulfone groups is 1. The van der Waals surface area contributed by atoms with E-state index in [9.17, 15) is 13.5 Å². The average molecular weight is 283 g/mol. The van der Waals surface area contributed by atoms with E-state index in [1.54, 1.807) is 30.3 Å². The summed E-state index contributed by atoms with van der Waals surface area (Å²) in [5.74, 6) is -0.275. The highest BCUT2D eigenvalue weighted by atomic mass is 35.5. The SMILES string of the molecule is O=S(=O)(Cc1ccccc1O)c1cccc(Cl)c1. The van der Waals surface area contributed by atoms with E-state index < -0.39 is 9.84 Å². The normalized spacial score (nSPS) is 11.4. The van der Waals surface area contributed by atoms with Crippen LogP contribution in [-0.2, 0) is 15.6 Å². The number of halogens is 1. The number of hydrogen-bond donors (Lipinski definition) is 1. The monoisotopic (exact) mass is 282 g/mol. The van der Waals surface area contributed by atoms with Crippen LogP contribution in [0.2, 0.25) is 5.02 Å². The number of phenolic OH excluding ortho intramolecular Hbond substituents is 1. The van der Waals surface area contributed by atoms with Crippen molar-refractivity contribution in [3.8, 4) is 5.75 Å². The molecule has 0 unspecified atom stereocenters. The Morgan fingerprint density at radius 3 is 2.44 bits per heavy atom. The van der Waals surface area contributed by atoms with Gasteiger partial charge >= 0.3 is 0 Å². The lowest BCUT2D eigenvalue weighted by atomic mass is 10.2. The maximum atomic E-state index is 12.1. The van der Waals surface area contributed by atoms with Crippen LogP contribution in [0.25, 0.3) is 0 Å². The van der Waals surface area contributed by atoms with E-state index in [4.69, 9.17) is 11.6 Å². The highest BCUT2D eigenvalue weighted by Crippen LogP contribution is 2.24. The highest BCUT2D eigenvalue weighted by molar-refractivity contribution is 7.90. The van der Waals surface area contributed by atoms with E-state index in [0.29, 0.717) is 10.6 Å². The van der Waals surface area contributed by atoms with Gasteiger partial charge in [0.15, 0.2) is 9.84 Å². The first kappa shape index (κ1) is 12.9. The fourth-order valence-corrected chi connectivity index (χ4v) is 3.25. The van der Waals surface area contributed by atoms with Crippen molar-refractivity contribution in [2.75, 3.05) is 0 Å². The molecule has 0 spiro atoms. The van der Waals surface area contributed by atoms with Gasteiger partial charge in [-0.3, -0.25) is 0 Å². The molecule has 0 aliphatic carbocycles. The molecule has 0 heterocycles. The summed E-state index contributed by atoms with van der Waals surface area (Å²) in [6.07, 6.45) is 0. The van der Waals surface area contributed by atoms with Gasteiger partial charge in [-0.05, 0) is 24.3 Å². The molecule has 0 bridgehead atoms. The number of hydrogen-bond acceptors (Lipinski definition) is 3. The molecule has 2 aromatic carbocycles. The third-order valence-electron chi connectivity index (χ3n) is 2.49. The summed E-state index contributed by atoms with van der Waals surface area (Å²) < 4.78 is 24.3. The minimum absolute atomic E-state index is 0.0249. The Balaban J connectivity index is 2.37. The maximum Gasteiger partial charge on any atom is 0.182 e. The molecule has 5 heteroatoms. The number of phenols is 1. The van der Waals surface area contributed by atoms with Gasteiger partial charge in [-0.15, -0.1) is 0 Å². The van der Waals surface area contributed by atoms with Crippen LogP contribution in [0.1, 0.15) is 5.56 Å². The Morgan fingerprint density at radius 2 is 1.78 bits per heavy atom. The van der Waals surface area contributed by atoms with Crippen LogP contribution in [0.3, 0.4) is 0 Å². The average Bonchev–Trinajstić information content (AvgIpc) is 2.32. The molecular formula is C13H11ClO3S. The lowest BCUT2D eigenvalue weighted by Gasteiger charge is -2.06. The summed E-state index contributed by atoms with van der Waals surface area (Å²) in [6, 6.07) is 12.5. The summed E-state index contributed by atoms with van der Waals surface area (Å²) in [5.41, 5.74) is 0.373. The lowest BCUT2D eigenvalue weighted by Crippen LogP contribution is -2.05. The summed E-state index contributed by atoms with van der Waals surface area (Å²) in [7, 11) is -3.50. The predicted octanol–water partition coefficient (Wildman–Crippen LogP) is 3.02. The Labute approximate surface area is 111 Å². The van der Waals surface area contributed by atoms with Gasteiger partial charge in [0.2, 0.25) is 0 Å². The number of benzene rings is 2. The van der Waals surface area contributed by atoms with Crippen molar-refractivity contribution in [2.24, 2.45) is 0 Å². The molecule has 0 aliphatic rings. The third kappa shape index (κ3) is 2.83. The van der Waals surface area contributed by atoms with Gasteiger partial charge in [0, 0.05) is 10.6 Å². The molecule has 0 radical (unpaired) electrons. The third-order valence-corrected chi connectivity index (χ3v) is 4.39. The van der Waals surface area contributed by atoms with Crippen LogP contribution in [0.4, 0.5) is 0 Å². The summed E-state index contributed by atoms with van der Waals surface area (Å²) in [5, 5.41) is 9.95. The van der Waals surface area contributed by atoms with Gasteiger partial charge in [-0.25, -0.2) is 8.42 Å². The van der Waals surface area contributed by atoms with Crippen molar-refractivity contribution in [3.05, 3.63) is 59.1 Å². The van der Waals surface area contributed by atoms with Crippen molar-refractivity contribution in [3.63, 3.8) is 0 Å². The molecule has 1 N–H and O–H groups in total. The first-order valence-electron chi connectivity index (χ1n) is 5.24. The van der Waals surface area contributed by atoms with E-state index in [1.165, 1.54) is 18.2 Å². The zero-order valence-electron chi connectivity index (χ0n) is 9.38. The van der Waals surface area contributed by atoms with E-state index >= 15 is 0 Å². The van der Waals surface area contributed by atoms with Crippen LogP contribution in [0, 0.1) is 0 Å². The zero-order chi connectivity index (χ0) is 13.2. The second-order valence-electron chi connectivity index (χ2n) is 3.85. The minimum Gasteiger partial charge on any atom is -0.508 e. The molecule has 3 nitrogen and oxygen atoms in total. The summed E-state index contributed by atoms with van der Waals surface area (Å²) in [6.45, 7) is 0. The van der Waals surface area contributed by atoms with Gasteiger partial charge in [0.1, 0.15) is 5.75 Å². The molecule has 0 atom stereocenters. The Bertz CT molecular complexity index is 665. The van der Waals surface area contributed by atoms with Crippen LogP contribution < -0.4 is 0 Å². The smallest absolute Gasteiger partial charge is 0.182 e. The quantitative estimate of drug-likeness (QED) is 0.941. The van der Waals surface area contributed by atoms with Gasteiger partial charge < -0.3 is 5.11 Å². The van der Waals surface area contributed by atoms with Crippen molar-refractivity contribution in [1.29, 1.82) is 0 Å². The van der Waals surface area contributed by atoms with E-state index in [0.717, 1.165) is 0 Å². The molecule has 0 amide bonds. The fourth-order valence-electron chi connectivity index (χ4n) is 1.58. The largest absolute Gasteiger partial charge is 0.508 e. The first-order chi connectivity index (χ1) is 8.49. The standard InChI is InChI=1S/C13H11ClO3S/c14-11-5-3-6-12(8-11)18(16,17)9-10-4-1-2-7-13(10)15/h1-8,15H,9H2. The molecule has 0 aliphatic heterocycles. The Kier molecular flexibility index (Phi) is 3.59. The van der Waals surface area contributed by atoms with E-state index in [2.05, 4.69) is 0 Å². The zero-order valence-corrected chi connectivity index (χ0v) is 10.9. The van der Waals surface area contributed by atoms with Crippen LogP contribution >= 0.6 is 11.6 Å². The van der Waals surface area contributed by atoms with Crippen molar-refractivity contribution in [2.45, 2.75) is 10.6 Å². The van der Waals surface area contributed by atoms with Crippen molar-refractivity contribution >= 4 is 21.4 Å². The second kappa shape index (κ2) is 5.00. The van der Waals surface area contributed by atoms with Gasteiger partial charge in [-0.2, -0.15) is 0 Å². The molecule has 0 aromatic heterocycles. The number of rotatable bonds is 3.